The Balaban J connectivity index is 0. The molecule has 0 radical (unpaired) electrons. The summed E-state index contributed by atoms with van der Waals surface area (Å²) < 4.78 is 22.0. The van der Waals surface area contributed by atoms with Gasteiger partial charge in [0.1, 0.15) is 0 Å². The van der Waals surface area contributed by atoms with E-state index < -0.39 is 7.82 Å². The van der Waals surface area contributed by atoms with E-state index in [1.54, 1.807) is 0 Å². The van der Waals surface area contributed by atoms with Gasteiger partial charge in [-0.05, 0) is 64.2 Å². The third kappa shape index (κ3) is 39.3. The Hall–Kier alpha value is 1.23. The second-order valence-corrected chi connectivity index (χ2v) is 13.4. The molecule has 0 spiro atoms. The Morgan fingerprint density at radius 1 is 0.429 bits per heavy atom. The fourth-order valence-corrected chi connectivity index (χ4v) is 5.87. The Morgan fingerprint density at radius 3 is 0.952 bits per heavy atom. The Bertz CT molecular complexity index is 563. The van der Waals surface area contributed by atoms with Gasteiger partial charge in [-0.25, -0.2) is 0 Å². The summed E-state index contributed by atoms with van der Waals surface area (Å²) in [5.41, 5.74) is 0. The number of hydrogen-bond acceptors (Lipinski definition) is 4. The molecule has 0 aliphatic heterocycles. The summed E-state index contributed by atoms with van der Waals surface area (Å²) in [6, 6.07) is 0. The molecule has 0 bridgehead atoms. The monoisotopic (exact) mass is 636 g/mol. The van der Waals surface area contributed by atoms with Crippen LogP contribution in [0.5, 0.6) is 0 Å². The number of allylic oxidation sites excluding steroid dienone is 4. The first kappa shape index (κ1) is 45.3. The molecule has 0 aromatic rings. The van der Waals surface area contributed by atoms with Crippen molar-refractivity contribution in [2.45, 2.75) is 194 Å². The molecule has 0 rings (SSSR count). The van der Waals surface area contributed by atoms with Crippen molar-refractivity contribution in [2.75, 3.05) is 13.2 Å². The van der Waals surface area contributed by atoms with Gasteiger partial charge in [-0.15, -0.1) is 0 Å². The van der Waals surface area contributed by atoms with E-state index in [2.05, 4.69) is 38.2 Å². The zero-order valence-electron chi connectivity index (χ0n) is 28.6. The van der Waals surface area contributed by atoms with Crippen LogP contribution in [0.25, 0.3) is 0 Å². The maximum atomic E-state index is 11.9. The Labute approximate surface area is 306 Å². The largest absolute Gasteiger partial charge is 1.00 e. The van der Waals surface area contributed by atoms with Crippen molar-refractivity contribution in [3.8, 4) is 0 Å². The quantitative estimate of drug-likeness (QED) is 0.0305. The zero-order chi connectivity index (χ0) is 30.0. The van der Waals surface area contributed by atoms with E-state index >= 15 is 0 Å². The second kappa shape index (κ2) is 38.4. The normalized spacial score (nSPS) is 12.1. The molecule has 0 aliphatic carbocycles. The molecule has 0 saturated carbocycles. The average molecular weight is 637 g/mol. The number of phosphoric acid groups is 1. The molecule has 0 saturated heterocycles. The molecule has 0 N–H and O–H groups in total. The SMILES string of the molecule is CCCCCCCC/C=C\CCCCCCCCOP(=O)([O-])OCCCCCCCC/C=C\CCCCCCCC.[K+]. The van der Waals surface area contributed by atoms with Gasteiger partial charge in [0, 0.05) is 0 Å². The standard InChI is InChI=1S/C36H71O4P.K/c1-3-5-7-9-11-13-15-17-19-21-23-25-27-29-31-33-35-39-41(37,38)40-36-34-32-30-28-26-24-22-20-18-16-14-12-10-8-6-4-2;/h17-20H,3-16,21-36H2,1-2H3,(H,37,38);/q;+1/p-1/b19-17-,20-18-;. The van der Waals surface area contributed by atoms with E-state index in [1.807, 2.05) is 0 Å². The van der Waals surface area contributed by atoms with Crippen molar-refractivity contribution in [1.82, 2.24) is 0 Å². The van der Waals surface area contributed by atoms with Gasteiger partial charge in [0.2, 0.25) is 0 Å². The summed E-state index contributed by atoms with van der Waals surface area (Å²) in [5, 5.41) is 0. The van der Waals surface area contributed by atoms with E-state index in [-0.39, 0.29) is 64.6 Å². The first-order valence-corrected chi connectivity index (χ1v) is 19.5. The molecule has 0 fully saturated rings. The second-order valence-electron chi connectivity index (χ2n) is 12.0. The van der Waals surface area contributed by atoms with Crippen molar-refractivity contribution in [1.29, 1.82) is 0 Å². The van der Waals surface area contributed by atoms with E-state index in [0.717, 1.165) is 38.5 Å². The van der Waals surface area contributed by atoms with Crippen LogP contribution in [0.4, 0.5) is 0 Å². The van der Waals surface area contributed by atoms with Crippen molar-refractivity contribution >= 4 is 7.82 Å². The van der Waals surface area contributed by atoms with Gasteiger partial charge < -0.3 is 13.9 Å². The summed E-state index contributed by atoms with van der Waals surface area (Å²) in [6.07, 6.45) is 44.0. The molecular formula is C36H70KO4P. The van der Waals surface area contributed by atoms with Crippen LogP contribution < -0.4 is 56.3 Å². The van der Waals surface area contributed by atoms with Gasteiger partial charge in [-0.2, -0.15) is 0 Å². The fraction of sp³-hybridized carbons (Fsp3) is 0.889. The van der Waals surface area contributed by atoms with Crippen LogP contribution in [0.3, 0.4) is 0 Å². The van der Waals surface area contributed by atoms with Gasteiger partial charge in [0.15, 0.2) is 0 Å². The van der Waals surface area contributed by atoms with Crippen LogP contribution >= 0.6 is 7.82 Å². The zero-order valence-corrected chi connectivity index (χ0v) is 32.6. The van der Waals surface area contributed by atoms with Gasteiger partial charge in [0.05, 0.1) is 13.2 Å². The minimum atomic E-state index is -4.14. The third-order valence-corrected chi connectivity index (χ3v) is 8.81. The van der Waals surface area contributed by atoms with Crippen LogP contribution in [-0.4, -0.2) is 13.2 Å². The number of unbranched alkanes of at least 4 members (excludes halogenated alkanes) is 24. The van der Waals surface area contributed by atoms with Gasteiger partial charge in [-0.1, -0.05) is 154 Å². The number of rotatable bonds is 34. The Morgan fingerprint density at radius 2 is 0.667 bits per heavy atom. The summed E-state index contributed by atoms with van der Waals surface area (Å²) in [7, 11) is -4.14. The molecule has 0 atom stereocenters. The van der Waals surface area contributed by atoms with Crippen molar-refractivity contribution in [2.24, 2.45) is 0 Å². The van der Waals surface area contributed by atoms with Crippen LogP contribution in [-0.2, 0) is 13.6 Å². The summed E-state index contributed by atoms with van der Waals surface area (Å²) in [5.74, 6) is 0. The molecule has 0 aromatic heterocycles. The first-order valence-electron chi connectivity index (χ1n) is 18.0. The molecule has 0 amide bonds. The molecule has 0 aromatic carbocycles. The van der Waals surface area contributed by atoms with Crippen LogP contribution in [0.15, 0.2) is 24.3 Å². The van der Waals surface area contributed by atoms with Crippen molar-refractivity contribution in [3.05, 3.63) is 24.3 Å². The number of hydrogen-bond donors (Lipinski definition) is 0. The Kier molecular flexibility index (Phi) is 41.5. The van der Waals surface area contributed by atoms with Gasteiger partial charge in [-0.3, -0.25) is 4.57 Å². The van der Waals surface area contributed by atoms with Crippen LogP contribution in [0.1, 0.15) is 194 Å². The van der Waals surface area contributed by atoms with E-state index in [1.165, 1.54) is 141 Å². The summed E-state index contributed by atoms with van der Waals surface area (Å²) in [6.45, 7) is 5.02. The topological polar surface area (TPSA) is 58.6 Å². The predicted octanol–water partition coefficient (Wildman–Crippen LogP) is 9.57. The van der Waals surface area contributed by atoms with Gasteiger partial charge >= 0.3 is 51.4 Å². The van der Waals surface area contributed by atoms with E-state index in [0.29, 0.717) is 0 Å². The third-order valence-electron chi connectivity index (χ3n) is 7.81. The van der Waals surface area contributed by atoms with Crippen LogP contribution in [0.2, 0.25) is 0 Å². The molecular weight excluding hydrogens is 566 g/mol. The van der Waals surface area contributed by atoms with Crippen LogP contribution in [0, 0.1) is 0 Å². The summed E-state index contributed by atoms with van der Waals surface area (Å²) in [4.78, 5) is 11.9. The molecule has 244 valence electrons. The van der Waals surface area contributed by atoms with E-state index in [9.17, 15) is 9.46 Å². The molecule has 0 unspecified atom stereocenters. The first-order chi connectivity index (χ1) is 20.1. The average Bonchev–Trinajstić information content (AvgIpc) is 2.96. The molecule has 4 nitrogen and oxygen atoms in total. The van der Waals surface area contributed by atoms with Crippen molar-refractivity contribution < 1.29 is 69.9 Å². The fourth-order valence-electron chi connectivity index (χ4n) is 5.09. The number of phosphoric ester groups is 1. The van der Waals surface area contributed by atoms with E-state index in [4.69, 9.17) is 9.05 Å². The minimum Gasteiger partial charge on any atom is -0.756 e. The smallest absolute Gasteiger partial charge is 0.756 e. The molecule has 42 heavy (non-hydrogen) atoms. The molecule has 6 heteroatoms. The maximum Gasteiger partial charge on any atom is 1.00 e. The molecule has 0 aliphatic rings. The van der Waals surface area contributed by atoms with Crippen molar-refractivity contribution in [3.63, 3.8) is 0 Å². The predicted molar refractivity (Wildman–Crippen MR) is 178 cm³/mol. The minimum absolute atomic E-state index is 0. The maximum absolute atomic E-state index is 11.9. The molecule has 0 heterocycles. The summed E-state index contributed by atoms with van der Waals surface area (Å²) >= 11 is 0. The van der Waals surface area contributed by atoms with Gasteiger partial charge in [0.25, 0.3) is 7.82 Å².